The van der Waals surface area contributed by atoms with Gasteiger partial charge in [-0.2, -0.15) is 10.2 Å². The summed E-state index contributed by atoms with van der Waals surface area (Å²) in [5.74, 6) is 1.20. The molecule has 158 valence electrons. The molecule has 0 radical (unpaired) electrons. The van der Waals surface area contributed by atoms with Gasteiger partial charge < -0.3 is 14.4 Å². The Balaban J connectivity index is 1.51. The van der Waals surface area contributed by atoms with E-state index in [1.807, 2.05) is 11.9 Å². The van der Waals surface area contributed by atoms with Crippen LogP contribution in [0.2, 0.25) is 0 Å². The molecule has 2 aromatic carbocycles. The van der Waals surface area contributed by atoms with Gasteiger partial charge in [-0.1, -0.05) is 12.1 Å². The molecule has 0 N–H and O–H groups in total. The Morgan fingerprint density at radius 1 is 1.26 bits per heavy atom. The summed E-state index contributed by atoms with van der Waals surface area (Å²) in [6.45, 7) is 2.86. The predicted octanol–water partition coefficient (Wildman–Crippen LogP) is 3.85. The minimum atomic E-state index is -0.422. The molecule has 0 amide bonds. The summed E-state index contributed by atoms with van der Waals surface area (Å²) in [6.07, 6.45) is 0.881. The first-order chi connectivity index (χ1) is 14.9. The molecule has 2 heterocycles. The standard InChI is InChI=1S/C23H21FN4O3/c1-15-8-9-28-22(27(15)2)12-21(26-23(28)29)30-14-16-6-7-20(17(10-16)13-25)31-19-5-3-4-18(24)11-19/h3-7,10-12,15H,8-9,14H2,1-2H3. The Bertz CT molecular complexity index is 1220. The summed E-state index contributed by atoms with van der Waals surface area (Å²) in [5.41, 5.74) is 0.657. The third kappa shape index (κ3) is 4.36. The molecule has 1 aromatic heterocycles. The zero-order chi connectivity index (χ0) is 22.0. The molecule has 1 aliphatic heterocycles. The maximum Gasteiger partial charge on any atom is 0.352 e. The smallest absolute Gasteiger partial charge is 0.352 e. The molecule has 8 heteroatoms. The lowest BCUT2D eigenvalue weighted by Gasteiger charge is -2.34. The van der Waals surface area contributed by atoms with Gasteiger partial charge in [-0.25, -0.2) is 9.18 Å². The van der Waals surface area contributed by atoms with E-state index in [1.165, 1.54) is 18.2 Å². The lowest BCUT2D eigenvalue weighted by atomic mass is 10.1. The van der Waals surface area contributed by atoms with Crippen molar-refractivity contribution in [3.8, 4) is 23.4 Å². The first-order valence-electron chi connectivity index (χ1n) is 9.88. The summed E-state index contributed by atoms with van der Waals surface area (Å²) in [6, 6.07) is 14.9. The largest absolute Gasteiger partial charge is 0.473 e. The van der Waals surface area contributed by atoms with Gasteiger partial charge in [0.25, 0.3) is 0 Å². The molecular weight excluding hydrogens is 399 g/mol. The fourth-order valence-electron chi connectivity index (χ4n) is 3.44. The molecule has 0 saturated heterocycles. The van der Waals surface area contributed by atoms with Gasteiger partial charge in [0, 0.05) is 31.8 Å². The lowest BCUT2D eigenvalue weighted by molar-refractivity contribution is 0.289. The summed E-state index contributed by atoms with van der Waals surface area (Å²) in [7, 11) is 1.94. The average Bonchev–Trinajstić information content (AvgIpc) is 2.76. The average molecular weight is 420 g/mol. The van der Waals surface area contributed by atoms with Crippen molar-refractivity contribution >= 4 is 5.82 Å². The van der Waals surface area contributed by atoms with Crippen molar-refractivity contribution < 1.29 is 13.9 Å². The van der Waals surface area contributed by atoms with Crippen LogP contribution in [-0.2, 0) is 13.2 Å². The summed E-state index contributed by atoms with van der Waals surface area (Å²) in [5, 5.41) is 9.48. The molecule has 0 spiro atoms. The third-order valence-electron chi connectivity index (χ3n) is 5.33. The third-order valence-corrected chi connectivity index (χ3v) is 5.33. The van der Waals surface area contributed by atoms with E-state index in [-0.39, 0.29) is 23.7 Å². The lowest BCUT2D eigenvalue weighted by Crippen LogP contribution is -2.41. The van der Waals surface area contributed by atoms with E-state index in [2.05, 4.69) is 18.0 Å². The highest BCUT2D eigenvalue weighted by Crippen LogP contribution is 2.28. The number of rotatable bonds is 5. The van der Waals surface area contributed by atoms with E-state index in [0.717, 1.165) is 12.2 Å². The van der Waals surface area contributed by atoms with Crippen LogP contribution in [0.4, 0.5) is 10.2 Å². The first kappa shape index (κ1) is 20.4. The van der Waals surface area contributed by atoms with Gasteiger partial charge in [-0.05, 0) is 43.2 Å². The normalized spacial score (nSPS) is 15.2. The topological polar surface area (TPSA) is 80.4 Å². The van der Waals surface area contributed by atoms with Crippen LogP contribution in [0.25, 0.3) is 0 Å². The fraction of sp³-hybridized carbons (Fsp3) is 0.261. The Labute approximate surface area is 178 Å². The minimum Gasteiger partial charge on any atom is -0.473 e. The summed E-state index contributed by atoms with van der Waals surface area (Å²) in [4.78, 5) is 18.4. The molecule has 0 aliphatic carbocycles. The maximum atomic E-state index is 13.4. The number of hydrogen-bond donors (Lipinski definition) is 0. The SMILES string of the molecule is CC1CCn2c(cc(OCc3ccc(Oc4cccc(F)c4)c(C#N)c3)nc2=O)N1C. The number of benzene rings is 2. The molecule has 1 aliphatic rings. The van der Waals surface area contributed by atoms with Crippen molar-refractivity contribution in [2.75, 3.05) is 11.9 Å². The second kappa shape index (κ2) is 8.48. The number of nitriles is 1. The van der Waals surface area contributed by atoms with E-state index in [4.69, 9.17) is 9.47 Å². The van der Waals surface area contributed by atoms with Crippen LogP contribution in [0.3, 0.4) is 0 Å². The number of hydrogen-bond acceptors (Lipinski definition) is 6. The molecule has 1 atom stereocenters. The number of fused-ring (bicyclic) bond motifs is 1. The second-order valence-corrected chi connectivity index (χ2v) is 7.43. The Hall–Kier alpha value is -3.86. The maximum absolute atomic E-state index is 13.4. The molecule has 0 bridgehead atoms. The van der Waals surface area contributed by atoms with Crippen LogP contribution in [0.15, 0.2) is 53.3 Å². The Morgan fingerprint density at radius 3 is 2.87 bits per heavy atom. The highest BCUT2D eigenvalue weighted by Gasteiger charge is 2.22. The van der Waals surface area contributed by atoms with Crippen LogP contribution >= 0.6 is 0 Å². The quantitative estimate of drug-likeness (QED) is 0.624. The van der Waals surface area contributed by atoms with Gasteiger partial charge in [0.15, 0.2) is 0 Å². The van der Waals surface area contributed by atoms with Crippen molar-refractivity contribution in [2.24, 2.45) is 0 Å². The molecule has 0 saturated carbocycles. The van der Waals surface area contributed by atoms with Crippen molar-refractivity contribution in [3.63, 3.8) is 0 Å². The molecule has 0 fully saturated rings. The Morgan fingerprint density at radius 2 is 2.10 bits per heavy atom. The van der Waals surface area contributed by atoms with E-state index < -0.39 is 5.82 Å². The van der Waals surface area contributed by atoms with Gasteiger partial charge in [0.1, 0.15) is 35.8 Å². The van der Waals surface area contributed by atoms with Crippen LogP contribution in [-0.4, -0.2) is 22.6 Å². The van der Waals surface area contributed by atoms with Gasteiger partial charge in [-0.15, -0.1) is 0 Å². The van der Waals surface area contributed by atoms with Crippen LogP contribution in [0.5, 0.6) is 17.4 Å². The molecule has 4 rings (SSSR count). The molecule has 1 unspecified atom stereocenters. The van der Waals surface area contributed by atoms with Crippen molar-refractivity contribution in [3.05, 3.63) is 76.0 Å². The van der Waals surface area contributed by atoms with Gasteiger partial charge in [0.2, 0.25) is 5.88 Å². The zero-order valence-corrected chi connectivity index (χ0v) is 17.2. The van der Waals surface area contributed by atoms with Gasteiger partial charge >= 0.3 is 5.69 Å². The van der Waals surface area contributed by atoms with E-state index >= 15 is 0 Å². The molecule has 3 aromatic rings. The molecule has 31 heavy (non-hydrogen) atoms. The summed E-state index contributed by atoms with van der Waals surface area (Å²) < 4.78 is 26.4. The fourth-order valence-corrected chi connectivity index (χ4v) is 3.44. The number of aromatic nitrogens is 2. The molecule has 7 nitrogen and oxygen atoms in total. The van der Waals surface area contributed by atoms with Crippen LogP contribution < -0.4 is 20.1 Å². The van der Waals surface area contributed by atoms with E-state index in [1.54, 1.807) is 34.9 Å². The van der Waals surface area contributed by atoms with E-state index in [9.17, 15) is 14.4 Å². The van der Waals surface area contributed by atoms with Crippen LogP contribution in [0.1, 0.15) is 24.5 Å². The van der Waals surface area contributed by atoms with E-state index in [0.29, 0.717) is 29.6 Å². The van der Waals surface area contributed by atoms with Crippen molar-refractivity contribution in [1.82, 2.24) is 9.55 Å². The predicted molar refractivity (Wildman–Crippen MR) is 113 cm³/mol. The highest BCUT2D eigenvalue weighted by molar-refractivity contribution is 5.48. The highest BCUT2D eigenvalue weighted by atomic mass is 19.1. The van der Waals surface area contributed by atoms with Crippen molar-refractivity contribution in [2.45, 2.75) is 32.5 Å². The summed E-state index contributed by atoms with van der Waals surface area (Å²) >= 11 is 0. The minimum absolute atomic E-state index is 0.129. The monoisotopic (exact) mass is 420 g/mol. The van der Waals surface area contributed by atoms with Gasteiger partial charge in [-0.3, -0.25) is 4.57 Å². The second-order valence-electron chi connectivity index (χ2n) is 7.43. The number of nitrogens with zero attached hydrogens (tertiary/aromatic N) is 4. The van der Waals surface area contributed by atoms with Crippen molar-refractivity contribution in [1.29, 1.82) is 5.26 Å². The van der Waals surface area contributed by atoms with Crippen LogP contribution in [0, 0.1) is 17.1 Å². The van der Waals surface area contributed by atoms with Gasteiger partial charge in [0.05, 0.1) is 5.56 Å². The zero-order valence-electron chi connectivity index (χ0n) is 17.2. The Kier molecular flexibility index (Phi) is 5.58. The molecular formula is C23H21FN4O3. The number of halogens is 1. The number of ether oxygens (including phenoxy) is 2. The number of anilines is 1. The first-order valence-corrected chi connectivity index (χ1v) is 9.88.